The van der Waals surface area contributed by atoms with Crippen LogP contribution in [0.15, 0.2) is 48.7 Å². The second kappa shape index (κ2) is 4.74. The minimum absolute atomic E-state index is 0.0544. The second-order valence-corrected chi connectivity index (χ2v) is 4.54. The molecule has 0 bridgehead atoms. The molecule has 0 fully saturated rings. The van der Waals surface area contributed by atoms with Crippen molar-refractivity contribution < 1.29 is 9.90 Å². The Morgan fingerprint density at radius 3 is 2.65 bits per heavy atom. The lowest BCUT2D eigenvalue weighted by molar-refractivity contribution is 0.0691. The van der Waals surface area contributed by atoms with Crippen LogP contribution in [0.3, 0.4) is 0 Å². The number of carboxylic acids is 1. The topological polar surface area (TPSA) is 63.1 Å². The molecule has 2 aromatic heterocycles. The molecule has 0 unspecified atom stereocenters. The summed E-state index contributed by atoms with van der Waals surface area (Å²) in [6.45, 7) is 1.92. The van der Waals surface area contributed by atoms with Crippen molar-refractivity contribution in [1.29, 1.82) is 0 Å². The number of pyridine rings is 2. The molecule has 0 aliphatic carbocycles. The standard InChI is InChI=1S/C16H12N2O2/c1-10-5-6-11(13-4-2-3-9-17-13)12-7-8-14(16(19)20)18-15(10)12/h2-9H,1H3,(H,19,20). The molecule has 2 heterocycles. The largest absolute Gasteiger partial charge is 0.477 e. The average molecular weight is 264 g/mol. The third-order valence-electron chi connectivity index (χ3n) is 3.22. The van der Waals surface area contributed by atoms with Crippen LogP contribution >= 0.6 is 0 Å². The molecule has 0 spiro atoms. The van der Waals surface area contributed by atoms with Gasteiger partial charge in [-0.1, -0.05) is 18.2 Å². The quantitative estimate of drug-likeness (QED) is 0.771. The van der Waals surface area contributed by atoms with Gasteiger partial charge in [0.05, 0.1) is 11.2 Å². The van der Waals surface area contributed by atoms with Crippen molar-refractivity contribution in [2.75, 3.05) is 0 Å². The van der Waals surface area contributed by atoms with Crippen LogP contribution in [0.2, 0.25) is 0 Å². The van der Waals surface area contributed by atoms with Gasteiger partial charge in [-0.2, -0.15) is 0 Å². The summed E-state index contributed by atoms with van der Waals surface area (Å²) in [6.07, 6.45) is 1.74. The Kier molecular flexibility index (Phi) is 2.91. The third kappa shape index (κ3) is 2.01. The van der Waals surface area contributed by atoms with E-state index in [1.807, 2.05) is 37.3 Å². The molecule has 4 nitrogen and oxygen atoms in total. The van der Waals surface area contributed by atoms with Crippen molar-refractivity contribution in [2.24, 2.45) is 0 Å². The normalized spacial score (nSPS) is 10.7. The van der Waals surface area contributed by atoms with E-state index >= 15 is 0 Å². The number of carbonyl (C=O) groups is 1. The summed E-state index contributed by atoms with van der Waals surface area (Å²) in [4.78, 5) is 19.6. The van der Waals surface area contributed by atoms with Gasteiger partial charge in [0.2, 0.25) is 0 Å². The molecule has 0 aliphatic rings. The van der Waals surface area contributed by atoms with Crippen molar-refractivity contribution in [3.05, 3.63) is 59.9 Å². The van der Waals surface area contributed by atoms with Crippen LogP contribution in [0.1, 0.15) is 16.1 Å². The molecule has 3 aromatic rings. The first-order valence-corrected chi connectivity index (χ1v) is 6.22. The van der Waals surface area contributed by atoms with E-state index < -0.39 is 5.97 Å². The first kappa shape index (κ1) is 12.3. The number of nitrogens with zero attached hydrogens (tertiary/aromatic N) is 2. The highest BCUT2D eigenvalue weighted by atomic mass is 16.4. The molecule has 1 N–H and O–H groups in total. The predicted molar refractivity (Wildman–Crippen MR) is 76.7 cm³/mol. The monoisotopic (exact) mass is 264 g/mol. The van der Waals surface area contributed by atoms with Gasteiger partial charge in [-0.05, 0) is 36.8 Å². The molecule has 0 radical (unpaired) electrons. The Balaban J connectivity index is 2.31. The molecule has 0 atom stereocenters. The number of rotatable bonds is 2. The summed E-state index contributed by atoms with van der Waals surface area (Å²) in [7, 11) is 0. The Morgan fingerprint density at radius 1 is 1.10 bits per heavy atom. The number of hydrogen-bond donors (Lipinski definition) is 1. The van der Waals surface area contributed by atoms with E-state index in [1.54, 1.807) is 12.3 Å². The first-order valence-electron chi connectivity index (χ1n) is 6.22. The maximum Gasteiger partial charge on any atom is 0.354 e. The molecule has 1 aromatic carbocycles. The van der Waals surface area contributed by atoms with Crippen LogP contribution in [-0.2, 0) is 0 Å². The fourth-order valence-corrected chi connectivity index (χ4v) is 2.22. The van der Waals surface area contributed by atoms with E-state index in [4.69, 9.17) is 5.11 Å². The number of fused-ring (bicyclic) bond motifs is 1. The van der Waals surface area contributed by atoms with Gasteiger partial charge in [-0.15, -0.1) is 0 Å². The van der Waals surface area contributed by atoms with E-state index in [0.717, 1.165) is 22.2 Å². The molecule has 0 saturated carbocycles. The Hall–Kier alpha value is -2.75. The zero-order chi connectivity index (χ0) is 14.1. The number of aromatic nitrogens is 2. The molecular formula is C16H12N2O2. The lowest BCUT2D eigenvalue weighted by atomic mass is 10.0. The highest BCUT2D eigenvalue weighted by Crippen LogP contribution is 2.28. The van der Waals surface area contributed by atoms with Crippen molar-refractivity contribution in [2.45, 2.75) is 6.92 Å². The molecule has 3 rings (SSSR count). The van der Waals surface area contributed by atoms with Gasteiger partial charge in [0.1, 0.15) is 5.69 Å². The van der Waals surface area contributed by atoms with E-state index in [0.29, 0.717) is 5.52 Å². The van der Waals surface area contributed by atoms with Crippen molar-refractivity contribution >= 4 is 16.9 Å². The maximum absolute atomic E-state index is 11.0. The lowest BCUT2D eigenvalue weighted by Gasteiger charge is -2.08. The Bertz CT molecular complexity index is 798. The summed E-state index contributed by atoms with van der Waals surface area (Å²) >= 11 is 0. The smallest absolute Gasteiger partial charge is 0.354 e. The minimum Gasteiger partial charge on any atom is -0.477 e. The fourth-order valence-electron chi connectivity index (χ4n) is 2.22. The fraction of sp³-hybridized carbons (Fsp3) is 0.0625. The SMILES string of the molecule is Cc1ccc(-c2ccccn2)c2ccc(C(=O)O)nc12. The van der Waals surface area contributed by atoms with Gasteiger partial charge >= 0.3 is 5.97 Å². The van der Waals surface area contributed by atoms with E-state index in [2.05, 4.69) is 9.97 Å². The van der Waals surface area contributed by atoms with Crippen LogP contribution in [0, 0.1) is 6.92 Å². The van der Waals surface area contributed by atoms with E-state index in [9.17, 15) is 4.79 Å². The Labute approximate surface area is 115 Å². The van der Waals surface area contributed by atoms with Crippen molar-refractivity contribution in [1.82, 2.24) is 9.97 Å². The molecular weight excluding hydrogens is 252 g/mol. The summed E-state index contributed by atoms with van der Waals surface area (Å²) in [5.41, 5.74) is 3.51. The van der Waals surface area contributed by atoms with Crippen LogP contribution in [0.5, 0.6) is 0 Å². The maximum atomic E-state index is 11.0. The zero-order valence-electron chi connectivity index (χ0n) is 10.9. The average Bonchev–Trinajstić information content (AvgIpc) is 2.48. The lowest BCUT2D eigenvalue weighted by Crippen LogP contribution is -2.01. The number of benzene rings is 1. The first-order chi connectivity index (χ1) is 9.66. The molecule has 4 heteroatoms. The molecule has 98 valence electrons. The summed E-state index contributed by atoms with van der Waals surface area (Å²) in [5, 5.41) is 9.96. The molecule has 0 saturated heterocycles. The highest BCUT2D eigenvalue weighted by Gasteiger charge is 2.11. The summed E-state index contributed by atoms with van der Waals surface area (Å²) in [6, 6.07) is 13.0. The number of aryl methyl sites for hydroxylation is 1. The van der Waals surface area contributed by atoms with Gasteiger partial charge in [0.25, 0.3) is 0 Å². The highest BCUT2D eigenvalue weighted by molar-refractivity contribution is 5.98. The third-order valence-corrected chi connectivity index (χ3v) is 3.22. The number of carboxylic acid groups (broad SMARTS) is 1. The van der Waals surface area contributed by atoms with E-state index in [1.165, 1.54) is 6.07 Å². The Morgan fingerprint density at radius 2 is 1.95 bits per heavy atom. The minimum atomic E-state index is -1.02. The van der Waals surface area contributed by atoms with Crippen LogP contribution in [-0.4, -0.2) is 21.0 Å². The van der Waals surface area contributed by atoms with Crippen LogP contribution in [0.4, 0.5) is 0 Å². The number of hydrogen-bond acceptors (Lipinski definition) is 3. The predicted octanol–water partition coefficient (Wildman–Crippen LogP) is 3.30. The van der Waals surface area contributed by atoms with Gasteiger partial charge in [0.15, 0.2) is 0 Å². The number of aromatic carboxylic acids is 1. The summed E-state index contributed by atoms with van der Waals surface area (Å²) < 4.78 is 0. The van der Waals surface area contributed by atoms with Gasteiger partial charge < -0.3 is 5.11 Å². The van der Waals surface area contributed by atoms with Gasteiger partial charge in [0, 0.05) is 17.1 Å². The molecule has 20 heavy (non-hydrogen) atoms. The van der Waals surface area contributed by atoms with Crippen molar-refractivity contribution in [3.63, 3.8) is 0 Å². The second-order valence-electron chi connectivity index (χ2n) is 4.54. The molecule has 0 amide bonds. The van der Waals surface area contributed by atoms with Crippen LogP contribution in [0.25, 0.3) is 22.2 Å². The van der Waals surface area contributed by atoms with Crippen molar-refractivity contribution in [3.8, 4) is 11.3 Å². The molecule has 0 aliphatic heterocycles. The van der Waals surface area contributed by atoms with Gasteiger partial charge in [-0.3, -0.25) is 4.98 Å². The summed E-state index contributed by atoms with van der Waals surface area (Å²) in [5.74, 6) is -1.02. The van der Waals surface area contributed by atoms with Gasteiger partial charge in [-0.25, -0.2) is 9.78 Å². The zero-order valence-corrected chi connectivity index (χ0v) is 10.9. The van der Waals surface area contributed by atoms with Crippen LogP contribution < -0.4 is 0 Å². The van der Waals surface area contributed by atoms with E-state index in [-0.39, 0.29) is 5.69 Å².